The van der Waals surface area contributed by atoms with Crippen LogP contribution in [0.5, 0.6) is 0 Å². The van der Waals surface area contributed by atoms with Crippen LogP contribution in [0.1, 0.15) is 18.5 Å². The second-order valence-corrected chi connectivity index (χ2v) is 5.28. The van der Waals surface area contributed by atoms with E-state index in [1.807, 2.05) is 6.92 Å². The molecule has 110 valence electrons. The van der Waals surface area contributed by atoms with Crippen LogP contribution in [-0.4, -0.2) is 47.6 Å². The first-order valence-corrected chi connectivity index (χ1v) is 7.26. The molecular weight excluding hydrogens is 264 g/mol. The van der Waals surface area contributed by atoms with Gasteiger partial charge in [0, 0.05) is 51.5 Å². The number of hydrogen-bond donors (Lipinski definition) is 0. The zero-order chi connectivity index (χ0) is 15.1. The fraction of sp³-hybridized carbons (Fsp3) is 0.600. The van der Waals surface area contributed by atoms with Gasteiger partial charge in [-0.1, -0.05) is 0 Å². The van der Waals surface area contributed by atoms with E-state index in [1.165, 1.54) is 0 Å². The molecule has 6 heteroatoms. The molecule has 0 aromatic carbocycles. The number of aryl methyl sites for hydroxylation is 1. The highest BCUT2D eigenvalue weighted by Gasteiger charge is 2.21. The molecule has 1 aliphatic heterocycles. The first-order chi connectivity index (χ1) is 10.2. The van der Waals surface area contributed by atoms with Crippen molar-refractivity contribution in [3.05, 3.63) is 18.1 Å². The first kappa shape index (κ1) is 15.2. The average molecular weight is 284 g/mol. The van der Waals surface area contributed by atoms with Crippen molar-refractivity contribution >= 4 is 5.82 Å². The Hall–Kier alpha value is -2.18. The SMILES string of the molecule is Cc1nccnc1N1CCN(CC(C#N)CCC#N)CC1. The molecule has 21 heavy (non-hydrogen) atoms. The maximum absolute atomic E-state index is 9.13. The zero-order valence-corrected chi connectivity index (χ0v) is 12.4. The van der Waals surface area contributed by atoms with Crippen LogP contribution in [0.4, 0.5) is 5.82 Å². The van der Waals surface area contributed by atoms with Crippen molar-refractivity contribution in [2.45, 2.75) is 19.8 Å². The lowest BCUT2D eigenvalue weighted by atomic mass is 10.0. The summed E-state index contributed by atoms with van der Waals surface area (Å²) in [4.78, 5) is 13.2. The van der Waals surface area contributed by atoms with Gasteiger partial charge in [0.25, 0.3) is 0 Å². The Bertz CT molecular complexity index is 536. The minimum absolute atomic E-state index is 0.0468. The molecule has 1 aliphatic rings. The lowest BCUT2D eigenvalue weighted by Gasteiger charge is -2.36. The number of nitriles is 2. The summed E-state index contributed by atoms with van der Waals surface area (Å²) in [5.74, 6) is 0.910. The van der Waals surface area contributed by atoms with Crippen molar-refractivity contribution < 1.29 is 0 Å². The lowest BCUT2D eigenvalue weighted by Crippen LogP contribution is -2.48. The molecule has 1 unspecified atom stereocenters. The van der Waals surface area contributed by atoms with E-state index < -0.39 is 0 Å². The molecule has 1 aromatic heterocycles. The summed E-state index contributed by atoms with van der Waals surface area (Å²) in [6.07, 6.45) is 4.55. The molecule has 1 aromatic rings. The zero-order valence-electron chi connectivity index (χ0n) is 12.4. The van der Waals surface area contributed by atoms with Gasteiger partial charge in [0.15, 0.2) is 0 Å². The van der Waals surface area contributed by atoms with E-state index in [-0.39, 0.29) is 5.92 Å². The Balaban J connectivity index is 1.85. The summed E-state index contributed by atoms with van der Waals surface area (Å²) >= 11 is 0. The number of anilines is 1. The van der Waals surface area contributed by atoms with Crippen LogP contribution in [0.15, 0.2) is 12.4 Å². The molecule has 1 saturated heterocycles. The molecule has 0 N–H and O–H groups in total. The largest absolute Gasteiger partial charge is 0.353 e. The molecule has 2 heterocycles. The minimum atomic E-state index is -0.0468. The summed E-state index contributed by atoms with van der Waals surface area (Å²) in [6, 6.07) is 4.42. The molecule has 0 spiro atoms. The standard InChI is InChI=1S/C15H20N6/c1-13-15(19-6-5-18-13)21-9-7-20(8-10-21)12-14(11-17)3-2-4-16/h5-6,14H,2-3,7-10,12H2,1H3. The maximum Gasteiger partial charge on any atom is 0.150 e. The van der Waals surface area contributed by atoms with Crippen LogP contribution in [0, 0.1) is 35.5 Å². The number of piperazine rings is 1. The van der Waals surface area contributed by atoms with Gasteiger partial charge in [-0.3, -0.25) is 9.88 Å². The summed E-state index contributed by atoms with van der Waals surface area (Å²) in [6.45, 7) is 6.36. The third-order valence-electron chi connectivity index (χ3n) is 3.79. The van der Waals surface area contributed by atoms with Crippen molar-refractivity contribution in [1.29, 1.82) is 10.5 Å². The summed E-state index contributed by atoms with van der Waals surface area (Å²) in [5.41, 5.74) is 0.954. The molecule has 6 nitrogen and oxygen atoms in total. The van der Waals surface area contributed by atoms with Gasteiger partial charge < -0.3 is 4.90 Å². The predicted octanol–water partition coefficient (Wildman–Crippen LogP) is 1.35. The van der Waals surface area contributed by atoms with Gasteiger partial charge in [-0.15, -0.1) is 0 Å². The number of hydrogen-bond acceptors (Lipinski definition) is 6. The van der Waals surface area contributed by atoms with Crippen molar-refractivity contribution in [1.82, 2.24) is 14.9 Å². The van der Waals surface area contributed by atoms with Crippen LogP contribution < -0.4 is 4.90 Å². The monoisotopic (exact) mass is 284 g/mol. The van der Waals surface area contributed by atoms with Gasteiger partial charge in [0.2, 0.25) is 0 Å². The lowest BCUT2D eigenvalue weighted by molar-refractivity contribution is 0.232. The quantitative estimate of drug-likeness (QED) is 0.812. The Morgan fingerprint density at radius 2 is 1.90 bits per heavy atom. The Kier molecular flexibility index (Phi) is 5.48. The highest BCUT2D eigenvalue weighted by molar-refractivity contribution is 5.42. The van der Waals surface area contributed by atoms with Crippen LogP contribution in [0.2, 0.25) is 0 Å². The van der Waals surface area contributed by atoms with E-state index in [1.54, 1.807) is 12.4 Å². The average Bonchev–Trinajstić information content (AvgIpc) is 2.52. The molecule has 0 bridgehead atoms. The topological polar surface area (TPSA) is 79.8 Å². The number of rotatable bonds is 5. The molecule has 1 atom stereocenters. The first-order valence-electron chi connectivity index (χ1n) is 7.26. The number of nitrogens with zero attached hydrogens (tertiary/aromatic N) is 6. The van der Waals surface area contributed by atoms with Crippen LogP contribution in [0.3, 0.4) is 0 Å². The molecule has 0 amide bonds. The van der Waals surface area contributed by atoms with E-state index in [0.29, 0.717) is 12.8 Å². The minimum Gasteiger partial charge on any atom is -0.353 e. The van der Waals surface area contributed by atoms with Crippen LogP contribution in [-0.2, 0) is 0 Å². The third kappa shape index (κ3) is 4.14. The highest BCUT2D eigenvalue weighted by Crippen LogP contribution is 2.17. The Morgan fingerprint density at radius 1 is 1.19 bits per heavy atom. The van der Waals surface area contributed by atoms with Crippen molar-refractivity contribution in [2.24, 2.45) is 5.92 Å². The summed E-state index contributed by atoms with van der Waals surface area (Å²) in [5, 5.41) is 17.7. The fourth-order valence-corrected chi connectivity index (χ4v) is 2.60. The Morgan fingerprint density at radius 3 is 2.52 bits per heavy atom. The van der Waals surface area contributed by atoms with Gasteiger partial charge in [-0.05, 0) is 13.3 Å². The van der Waals surface area contributed by atoms with Gasteiger partial charge >= 0.3 is 0 Å². The van der Waals surface area contributed by atoms with Crippen LogP contribution in [0.25, 0.3) is 0 Å². The van der Waals surface area contributed by atoms with E-state index in [9.17, 15) is 0 Å². The van der Waals surface area contributed by atoms with E-state index >= 15 is 0 Å². The van der Waals surface area contributed by atoms with E-state index in [4.69, 9.17) is 10.5 Å². The molecule has 0 aliphatic carbocycles. The van der Waals surface area contributed by atoms with Crippen LogP contribution >= 0.6 is 0 Å². The summed E-state index contributed by atoms with van der Waals surface area (Å²) in [7, 11) is 0. The van der Waals surface area contributed by atoms with Gasteiger partial charge in [-0.25, -0.2) is 4.98 Å². The predicted molar refractivity (Wildman–Crippen MR) is 79.4 cm³/mol. The smallest absolute Gasteiger partial charge is 0.150 e. The van der Waals surface area contributed by atoms with Crippen molar-refractivity contribution in [3.63, 3.8) is 0 Å². The fourth-order valence-electron chi connectivity index (χ4n) is 2.60. The summed E-state index contributed by atoms with van der Waals surface area (Å²) < 4.78 is 0. The molecule has 1 fully saturated rings. The van der Waals surface area contributed by atoms with Gasteiger partial charge in [0.1, 0.15) is 5.82 Å². The Labute approximate surface area is 125 Å². The van der Waals surface area contributed by atoms with Gasteiger partial charge in [0.05, 0.1) is 23.8 Å². The third-order valence-corrected chi connectivity index (χ3v) is 3.79. The second kappa shape index (κ2) is 7.56. The normalized spacial score (nSPS) is 17.0. The van der Waals surface area contributed by atoms with Gasteiger partial charge in [-0.2, -0.15) is 10.5 Å². The number of aromatic nitrogens is 2. The van der Waals surface area contributed by atoms with E-state index in [2.05, 4.69) is 31.9 Å². The molecule has 0 saturated carbocycles. The highest BCUT2D eigenvalue weighted by atomic mass is 15.3. The molecule has 0 radical (unpaired) electrons. The van der Waals surface area contributed by atoms with E-state index in [0.717, 1.165) is 44.2 Å². The van der Waals surface area contributed by atoms with Crippen molar-refractivity contribution in [2.75, 3.05) is 37.6 Å². The second-order valence-electron chi connectivity index (χ2n) is 5.28. The molecule has 2 rings (SSSR count). The van der Waals surface area contributed by atoms with Crippen molar-refractivity contribution in [3.8, 4) is 12.1 Å². The molecular formula is C15H20N6. The maximum atomic E-state index is 9.13.